The molecule has 2 rings (SSSR count). The second-order valence-electron chi connectivity index (χ2n) is 5.17. The summed E-state index contributed by atoms with van der Waals surface area (Å²) in [6, 6.07) is 1.67. The van der Waals surface area contributed by atoms with Crippen molar-refractivity contribution in [2.75, 3.05) is 0 Å². The van der Waals surface area contributed by atoms with E-state index in [0.29, 0.717) is 16.8 Å². The van der Waals surface area contributed by atoms with Crippen LogP contribution in [0.3, 0.4) is 0 Å². The number of amides is 1. The predicted molar refractivity (Wildman–Crippen MR) is 76.2 cm³/mol. The summed E-state index contributed by atoms with van der Waals surface area (Å²) in [5.74, 6) is 0.153. The van der Waals surface area contributed by atoms with E-state index < -0.39 is 0 Å². The van der Waals surface area contributed by atoms with Crippen molar-refractivity contribution in [3.05, 3.63) is 35.1 Å². The minimum atomic E-state index is -0.232. The number of aromatic nitrogens is 3. The first-order chi connectivity index (χ1) is 9.49. The molecule has 1 N–H and O–H groups in total. The Balaban J connectivity index is 2.20. The van der Waals surface area contributed by atoms with E-state index >= 15 is 0 Å². The maximum absolute atomic E-state index is 12.2. The molecule has 1 amide bonds. The molecule has 1 atom stereocenters. The molecule has 6 heteroatoms. The number of fused-ring (bicyclic) bond motifs is 1. The van der Waals surface area contributed by atoms with Crippen molar-refractivity contribution in [2.24, 2.45) is 5.92 Å². The number of nitrogens with zero attached hydrogens (tertiary/aromatic N) is 3. The molecule has 0 saturated heterocycles. The zero-order chi connectivity index (χ0) is 14.7. The van der Waals surface area contributed by atoms with Crippen LogP contribution in [0, 0.1) is 5.92 Å². The molecule has 0 aromatic carbocycles. The maximum Gasteiger partial charge on any atom is 0.261 e. The fourth-order valence-corrected chi connectivity index (χ4v) is 1.74. The molecule has 0 radical (unpaired) electrons. The fraction of sp³-hybridized carbons (Fsp3) is 0.429. The van der Waals surface area contributed by atoms with Crippen LogP contribution in [0.1, 0.15) is 20.8 Å². The molecule has 2 aromatic rings. The van der Waals surface area contributed by atoms with E-state index in [1.807, 2.05) is 20.8 Å². The summed E-state index contributed by atoms with van der Waals surface area (Å²) >= 11 is 0. The van der Waals surface area contributed by atoms with E-state index in [1.54, 1.807) is 6.07 Å². The first-order valence-corrected chi connectivity index (χ1v) is 6.57. The zero-order valence-corrected chi connectivity index (χ0v) is 11.8. The van der Waals surface area contributed by atoms with Crippen molar-refractivity contribution in [1.29, 1.82) is 0 Å². The number of rotatable bonds is 4. The minimum Gasteiger partial charge on any atom is -0.352 e. The van der Waals surface area contributed by atoms with Crippen molar-refractivity contribution in [3.8, 4) is 0 Å². The lowest BCUT2D eigenvalue weighted by Crippen LogP contribution is -2.39. The van der Waals surface area contributed by atoms with Crippen LogP contribution in [0.15, 0.2) is 29.6 Å². The first kappa shape index (κ1) is 14.2. The third-order valence-corrected chi connectivity index (χ3v) is 3.33. The largest absolute Gasteiger partial charge is 0.352 e. The molecule has 2 aromatic heterocycles. The predicted octanol–water partition coefficient (Wildman–Crippen LogP) is 0.952. The van der Waals surface area contributed by atoms with Crippen LogP contribution in [-0.2, 0) is 11.3 Å². The normalized spacial score (nSPS) is 12.6. The van der Waals surface area contributed by atoms with Gasteiger partial charge >= 0.3 is 0 Å². The third-order valence-electron chi connectivity index (χ3n) is 3.33. The molecule has 0 aliphatic rings. The lowest BCUT2D eigenvalue weighted by molar-refractivity contribution is -0.122. The van der Waals surface area contributed by atoms with Crippen molar-refractivity contribution in [3.63, 3.8) is 0 Å². The van der Waals surface area contributed by atoms with Gasteiger partial charge in [0.2, 0.25) is 5.91 Å². The monoisotopic (exact) mass is 274 g/mol. The Kier molecular flexibility index (Phi) is 4.12. The number of carbonyl (C=O) groups excluding carboxylic acids is 1. The summed E-state index contributed by atoms with van der Waals surface area (Å²) in [5.41, 5.74) is 0.300. The molecule has 2 heterocycles. The van der Waals surface area contributed by atoms with Crippen LogP contribution in [0.25, 0.3) is 10.9 Å². The van der Waals surface area contributed by atoms with E-state index in [2.05, 4.69) is 15.3 Å². The fourth-order valence-electron chi connectivity index (χ4n) is 1.74. The van der Waals surface area contributed by atoms with Gasteiger partial charge in [-0.1, -0.05) is 13.8 Å². The average molecular weight is 274 g/mol. The summed E-state index contributed by atoms with van der Waals surface area (Å²) < 4.78 is 1.31. The number of pyridine rings is 1. The lowest BCUT2D eigenvalue weighted by atomic mass is 10.1. The highest BCUT2D eigenvalue weighted by atomic mass is 16.2. The Labute approximate surface area is 116 Å². The highest BCUT2D eigenvalue weighted by Crippen LogP contribution is 2.03. The molecule has 20 heavy (non-hydrogen) atoms. The minimum absolute atomic E-state index is 0.0266. The van der Waals surface area contributed by atoms with Crippen LogP contribution < -0.4 is 10.9 Å². The van der Waals surface area contributed by atoms with Crippen molar-refractivity contribution < 1.29 is 4.79 Å². The molecule has 0 aliphatic heterocycles. The zero-order valence-electron chi connectivity index (χ0n) is 11.8. The van der Waals surface area contributed by atoms with Gasteiger partial charge in [0.25, 0.3) is 5.56 Å². The third kappa shape index (κ3) is 3.01. The second kappa shape index (κ2) is 5.81. The molecule has 1 unspecified atom stereocenters. The van der Waals surface area contributed by atoms with Gasteiger partial charge in [0.15, 0.2) is 0 Å². The Morgan fingerprint density at radius 2 is 2.15 bits per heavy atom. The Bertz CT molecular complexity index is 678. The van der Waals surface area contributed by atoms with E-state index in [0.717, 1.165) is 0 Å². The Hall–Kier alpha value is -2.24. The summed E-state index contributed by atoms with van der Waals surface area (Å²) in [6.45, 7) is 5.97. The van der Waals surface area contributed by atoms with Gasteiger partial charge in [0, 0.05) is 12.2 Å². The topological polar surface area (TPSA) is 76.9 Å². The number of hydrogen-bond acceptors (Lipinski definition) is 4. The molecule has 6 nitrogen and oxygen atoms in total. The van der Waals surface area contributed by atoms with Crippen LogP contribution >= 0.6 is 0 Å². The highest BCUT2D eigenvalue weighted by Gasteiger charge is 2.12. The van der Waals surface area contributed by atoms with Gasteiger partial charge in [-0.25, -0.2) is 4.98 Å². The molecule has 0 fully saturated rings. The Morgan fingerprint density at radius 3 is 2.85 bits per heavy atom. The van der Waals surface area contributed by atoms with Gasteiger partial charge in [-0.15, -0.1) is 0 Å². The average Bonchev–Trinajstić information content (AvgIpc) is 2.42. The lowest BCUT2D eigenvalue weighted by Gasteiger charge is -2.17. The Morgan fingerprint density at radius 1 is 1.40 bits per heavy atom. The second-order valence-corrected chi connectivity index (χ2v) is 5.17. The smallest absolute Gasteiger partial charge is 0.261 e. The molecular weight excluding hydrogens is 256 g/mol. The molecule has 106 valence electrons. The highest BCUT2D eigenvalue weighted by molar-refractivity contribution is 5.78. The number of carbonyl (C=O) groups is 1. The summed E-state index contributed by atoms with van der Waals surface area (Å²) in [6.07, 6.45) is 4.45. The number of hydrogen-bond donors (Lipinski definition) is 1. The van der Waals surface area contributed by atoms with Crippen LogP contribution in [0.5, 0.6) is 0 Å². The molecule has 0 saturated carbocycles. The van der Waals surface area contributed by atoms with Gasteiger partial charge in [-0.3, -0.25) is 19.1 Å². The molecule has 0 bridgehead atoms. The molecular formula is C14H18N4O2. The molecule has 0 spiro atoms. The van der Waals surface area contributed by atoms with E-state index in [9.17, 15) is 9.59 Å². The molecule has 0 aliphatic carbocycles. The van der Waals surface area contributed by atoms with Crippen molar-refractivity contribution >= 4 is 16.8 Å². The summed E-state index contributed by atoms with van der Waals surface area (Å²) in [5, 5.41) is 3.33. The van der Waals surface area contributed by atoms with Crippen molar-refractivity contribution in [2.45, 2.75) is 33.4 Å². The van der Waals surface area contributed by atoms with Gasteiger partial charge in [-0.05, 0) is 18.9 Å². The first-order valence-electron chi connectivity index (χ1n) is 6.57. The quantitative estimate of drug-likeness (QED) is 0.900. The van der Waals surface area contributed by atoms with E-state index in [1.165, 1.54) is 23.3 Å². The van der Waals surface area contributed by atoms with Crippen molar-refractivity contribution in [1.82, 2.24) is 19.9 Å². The number of nitrogens with one attached hydrogen (secondary N) is 1. The van der Waals surface area contributed by atoms with Gasteiger partial charge in [0.1, 0.15) is 6.54 Å². The van der Waals surface area contributed by atoms with Crippen LogP contribution in [0.2, 0.25) is 0 Å². The van der Waals surface area contributed by atoms with Gasteiger partial charge in [0.05, 0.1) is 23.4 Å². The van der Waals surface area contributed by atoms with E-state index in [4.69, 9.17) is 0 Å². The SMILES string of the molecule is CC(C)C(C)NC(=O)Cn1cnc2cnccc2c1=O. The van der Waals surface area contributed by atoms with Crippen LogP contribution in [-0.4, -0.2) is 26.5 Å². The van der Waals surface area contributed by atoms with E-state index in [-0.39, 0.29) is 24.1 Å². The standard InChI is InChI=1S/C14H18N4O2/c1-9(2)10(3)17-13(19)7-18-8-16-12-6-15-5-4-11(12)14(18)20/h4-6,8-10H,7H2,1-3H3,(H,17,19). The summed E-state index contributed by atoms with van der Waals surface area (Å²) in [4.78, 5) is 32.1. The van der Waals surface area contributed by atoms with Gasteiger partial charge in [-0.2, -0.15) is 0 Å². The van der Waals surface area contributed by atoms with Crippen LogP contribution in [0.4, 0.5) is 0 Å². The van der Waals surface area contributed by atoms with Gasteiger partial charge < -0.3 is 5.32 Å². The maximum atomic E-state index is 12.2. The summed E-state index contributed by atoms with van der Waals surface area (Å²) in [7, 11) is 0.